The first-order valence-corrected chi connectivity index (χ1v) is 10.7. The summed E-state index contributed by atoms with van der Waals surface area (Å²) in [4.78, 5) is 22.7. The Morgan fingerprint density at radius 2 is 1.61 bits per heavy atom. The van der Waals surface area contributed by atoms with Gasteiger partial charge in [-0.1, -0.05) is 12.1 Å². The van der Waals surface area contributed by atoms with Gasteiger partial charge in [-0.25, -0.2) is 8.42 Å². The topological polar surface area (TPSA) is 118 Å². The summed E-state index contributed by atoms with van der Waals surface area (Å²) >= 11 is 0. The molecule has 0 fully saturated rings. The summed E-state index contributed by atoms with van der Waals surface area (Å²) in [7, 11) is -4.20. The van der Waals surface area contributed by atoms with E-state index >= 15 is 0 Å². The Labute approximate surface area is 186 Å². The zero-order valence-electron chi connectivity index (χ0n) is 16.9. The largest absolute Gasteiger partial charge is 0.416 e. The van der Waals surface area contributed by atoms with Gasteiger partial charge in [0.1, 0.15) is 0 Å². The Balaban J connectivity index is 1.77. The van der Waals surface area contributed by atoms with E-state index in [2.05, 4.69) is 10.0 Å². The second-order valence-electron chi connectivity index (χ2n) is 6.87. The highest BCUT2D eigenvalue weighted by molar-refractivity contribution is 7.92. The lowest BCUT2D eigenvalue weighted by molar-refractivity contribution is -0.385. The molecule has 2 N–H and O–H groups in total. The van der Waals surface area contributed by atoms with E-state index in [-0.39, 0.29) is 33.1 Å². The van der Waals surface area contributed by atoms with Gasteiger partial charge in [-0.2, -0.15) is 13.2 Å². The summed E-state index contributed by atoms with van der Waals surface area (Å²) in [5.74, 6) is -0.631. The normalized spacial score (nSPS) is 11.6. The van der Waals surface area contributed by atoms with E-state index in [0.29, 0.717) is 6.07 Å². The Morgan fingerprint density at radius 1 is 0.970 bits per heavy atom. The van der Waals surface area contributed by atoms with E-state index in [1.807, 2.05) is 0 Å². The van der Waals surface area contributed by atoms with Crippen molar-refractivity contribution in [3.63, 3.8) is 0 Å². The Hall–Kier alpha value is -3.93. The first kappa shape index (κ1) is 23.7. The van der Waals surface area contributed by atoms with E-state index < -0.39 is 32.6 Å². The predicted molar refractivity (Wildman–Crippen MR) is 114 cm³/mol. The van der Waals surface area contributed by atoms with Gasteiger partial charge in [0.2, 0.25) is 0 Å². The number of halogens is 3. The van der Waals surface area contributed by atoms with Crippen molar-refractivity contribution in [2.45, 2.75) is 18.0 Å². The van der Waals surface area contributed by atoms with Crippen LogP contribution in [0.5, 0.6) is 0 Å². The molecule has 3 rings (SSSR count). The Bertz CT molecular complexity index is 1320. The van der Waals surface area contributed by atoms with E-state index in [1.165, 1.54) is 43.3 Å². The van der Waals surface area contributed by atoms with Crippen molar-refractivity contribution in [2.24, 2.45) is 0 Å². The van der Waals surface area contributed by atoms with Crippen LogP contribution in [-0.2, 0) is 16.2 Å². The zero-order chi connectivity index (χ0) is 24.4. The van der Waals surface area contributed by atoms with Crippen LogP contribution in [0.1, 0.15) is 21.5 Å². The Kier molecular flexibility index (Phi) is 6.40. The lowest BCUT2D eigenvalue weighted by Crippen LogP contribution is -2.15. The van der Waals surface area contributed by atoms with E-state index in [0.717, 1.165) is 24.3 Å². The summed E-state index contributed by atoms with van der Waals surface area (Å²) in [6.07, 6.45) is -4.63. The minimum absolute atomic E-state index is 0.0760. The van der Waals surface area contributed by atoms with Crippen molar-refractivity contribution < 1.29 is 31.3 Å². The minimum atomic E-state index is -4.63. The molecule has 0 heterocycles. The van der Waals surface area contributed by atoms with E-state index in [4.69, 9.17) is 0 Å². The van der Waals surface area contributed by atoms with Crippen LogP contribution in [0.3, 0.4) is 0 Å². The number of sulfonamides is 1. The number of nitrogens with zero attached hydrogens (tertiary/aromatic N) is 1. The molecule has 3 aromatic carbocycles. The van der Waals surface area contributed by atoms with Crippen molar-refractivity contribution in [3.8, 4) is 0 Å². The molecule has 33 heavy (non-hydrogen) atoms. The third kappa shape index (κ3) is 5.47. The number of alkyl halides is 3. The standard InChI is InChI=1S/C21H16F3N3O5S/c1-13-18(6-3-7-19(13)27(29)30)20(28)25-15-8-10-17(11-9-15)33(31,32)26-16-5-2-4-14(12-16)21(22,23)24/h2-12,26H,1H3,(H,25,28). The highest BCUT2D eigenvalue weighted by Crippen LogP contribution is 2.31. The van der Waals surface area contributed by atoms with Crippen molar-refractivity contribution in [1.29, 1.82) is 0 Å². The number of benzene rings is 3. The van der Waals surface area contributed by atoms with Gasteiger partial charge in [0.05, 0.1) is 15.4 Å². The van der Waals surface area contributed by atoms with Crippen LogP contribution >= 0.6 is 0 Å². The highest BCUT2D eigenvalue weighted by Gasteiger charge is 2.30. The fourth-order valence-electron chi connectivity index (χ4n) is 2.96. The lowest BCUT2D eigenvalue weighted by Gasteiger charge is -2.12. The molecule has 0 unspecified atom stereocenters. The van der Waals surface area contributed by atoms with Gasteiger partial charge in [-0.05, 0) is 55.5 Å². The smallest absolute Gasteiger partial charge is 0.322 e. The van der Waals surface area contributed by atoms with Gasteiger partial charge in [0, 0.05) is 28.6 Å². The molecule has 172 valence electrons. The third-order valence-electron chi connectivity index (χ3n) is 4.61. The van der Waals surface area contributed by atoms with Crippen LogP contribution < -0.4 is 10.0 Å². The van der Waals surface area contributed by atoms with Crippen molar-refractivity contribution in [3.05, 3.63) is 93.5 Å². The molecule has 1 amide bonds. The summed E-state index contributed by atoms with van der Waals surface area (Å²) < 4.78 is 65.6. The van der Waals surface area contributed by atoms with Crippen LogP contribution in [0.4, 0.5) is 30.2 Å². The molecule has 0 aliphatic rings. The molecule has 0 atom stereocenters. The molecule has 0 radical (unpaired) electrons. The van der Waals surface area contributed by atoms with Crippen LogP contribution in [0, 0.1) is 17.0 Å². The number of rotatable bonds is 6. The van der Waals surface area contributed by atoms with Crippen molar-refractivity contribution in [1.82, 2.24) is 0 Å². The number of nitro groups is 1. The summed E-state index contributed by atoms with van der Waals surface area (Å²) in [5.41, 5.74) is -1.02. The predicted octanol–water partition coefficient (Wildman–Crippen LogP) is 4.98. The van der Waals surface area contributed by atoms with Gasteiger partial charge >= 0.3 is 6.18 Å². The number of anilines is 2. The monoisotopic (exact) mass is 479 g/mol. The number of amides is 1. The van der Waals surface area contributed by atoms with Gasteiger partial charge in [-0.15, -0.1) is 0 Å². The SMILES string of the molecule is Cc1c(C(=O)Nc2ccc(S(=O)(=O)Nc3cccc(C(F)(F)F)c3)cc2)cccc1[N+](=O)[O-]. The summed E-state index contributed by atoms with van der Waals surface area (Å²) in [6.45, 7) is 1.43. The number of carbonyl (C=O) groups excluding carboxylic acids is 1. The van der Waals surface area contributed by atoms with Gasteiger partial charge in [-0.3, -0.25) is 19.6 Å². The maximum atomic E-state index is 12.8. The third-order valence-corrected chi connectivity index (χ3v) is 6.01. The number of hydrogen-bond donors (Lipinski definition) is 2. The van der Waals surface area contributed by atoms with Crippen molar-refractivity contribution >= 4 is 33.0 Å². The fourth-order valence-corrected chi connectivity index (χ4v) is 4.01. The number of nitrogens with one attached hydrogen (secondary N) is 2. The maximum Gasteiger partial charge on any atom is 0.416 e. The number of carbonyl (C=O) groups is 1. The minimum Gasteiger partial charge on any atom is -0.322 e. The molecule has 0 saturated heterocycles. The molecule has 0 bridgehead atoms. The molecular weight excluding hydrogens is 463 g/mol. The molecule has 0 spiro atoms. The molecule has 0 aromatic heterocycles. The fraction of sp³-hybridized carbons (Fsp3) is 0.0952. The van der Waals surface area contributed by atoms with Gasteiger partial charge in [0.15, 0.2) is 0 Å². The first-order valence-electron chi connectivity index (χ1n) is 9.24. The lowest BCUT2D eigenvalue weighted by atomic mass is 10.1. The average molecular weight is 479 g/mol. The Morgan fingerprint density at radius 3 is 2.21 bits per heavy atom. The van der Waals surface area contributed by atoms with Crippen LogP contribution in [0.25, 0.3) is 0 Å². The molecule has 0 saturated carbocycles. The molecular formula is C21H16F3N3O5S. The van der Waals surface area contributed by atoms with E-state index in [1.54, 1.807) is 0 Å². The molecule has 0 aliphatic heterocycles. The second kappa shape index (κ2) is 8.90. The highest BCUT2D eigenvalue weighted by atomic mass is 32.2. The van der Waals surface area contributed by atoms with Crippen LogP contribution in [0.15, 0.2) is 71.6 Å². The molecule has 3 aromatic rings. The number of hydrogen-bond acceptors (Lipinski definition) is 5. The second-order valence-corrected chi connectivity index (χ2v) is 8.55. The van der Waals surface area contributed by atoms with Crippen LogP contribution in [-0.4, -0.2) is 19.2 Å². The number of nitro benzene ring substituents is 1. The zero-order valence-corrected chi connectivity index (χ0v) is 17.7. The first-order chi connectivity index (χ1) is 15.4. The van der Waals surface area contributed by atoms with Crippen molar-refractivity contribution in [2.75, 3.05) is 10.0 Å². The van der Waals surface area contributed by atoms with Gasteiger partial charge < -0.3 is 5.32 Å². The van der Waals surface area contributed by atoms with E-state index in [9.17, 15) is 36.5 Å². The molecule has 12 heteroatoms. The average Bonchev–Trinajstić information content (AvgIpc) is 2.73. The maximum absolute atomic E-state index is 12.8. The molecule has 8 nitrogen and oxygen atoms in total. The van der Waals surface area contributed by atoms with Crippen LogP contribution in [0.2, 0.25) is 0 Å². The summed E-state index contributed by atoms with van der Waals surface area (Å²) in [6, 6.07) is 12.7. The molecule has 0 aliphatic carbocycles. The summed E-state index contributed by atoms with van der Waals surface area (Å²) in [5, 5.41) is 13.6. The van der Waals surface area contributed by atoms with Gasteiger partial charge in [0.25, 0.3) is 21.6 Å². The quantitative estimate of drug-likeness (QED) is 0.382.